The molecule has 2 aliphatic heterocycles. The van der Waals surface area contributed by atoms with Gasteiger partial charge in [0.05, 0.1) is 18.9 Å². The number of amides is 1. The van der Waals surface area contributed by atoms with Gasteiger partial charge in [-0.25, -0.2) is 19.4 Å². The molecule has 2 aromatic heterocycles. The van der Waals surface area contributed by atoms with E-state index in [1.54, 1.807) is 17.1 Å². The van der Waals surface area contributed by atoms with Gasteiger partial charge in [-0.15, -0.1) is 11.3 Å². The molecule has 7 nitrogen and oxygen atoms in total. The molecule has 1 saturated heterocycles. The normalized spacial score (nSPS) is 27.6. The van der Waals surface area contributed by atoms with Crippen molar-refractivity contribution in [2.45, 2.75) is 25.0 Å². The molecule has 3 N–H and O–H groups in total. The molecule has 4 rings (SSSR count). The number of amidine groups is 1. The highest BCUT2D eigenvalue weighted by atomic mass is 32.2. The molecule has 10 heteroatoms. The molecule has 0 saturated carbocycles. The topological polar surface area (TPSA) is 102 Å². The predicted octanol–water partition coefficient (Wildman–Crippen LogP) is 2.61. The summed E-state index contributed by atoms with van der Waals surface area (Å²) in [6, 6.07) is 2.52. The number of halogens is 1. The minimum Gasteiger partial charge on any atom is -0.379 e. The third-order valence-electron chi connectivity index (χ3n) is 4.70. The van der Waals surface area contributed by atoms with Crippen molar-refractivity contribution >= 4 is 40.0 Å². The van der Waals surface area contributed by atoms with E-state index in [4.69, 9.17) is 15.5 Å². The van der Waals surface area contributed by atoms with Crippen molar-refractivity contribution in [1.29, 1.82) is 0 Å². The highest BCUT2D eigenvalue weighted by molar-refractivity contribution is 8.13. The highest BCUT2D eigenvalue weighted by Crippen LogP contribution is 2.46. The smallest absolute Gasteiger partial charge is 0.275 e. The minimum absolute atomic E-state index is 0.119. The molecule has 142 valence electrons. The molecule has 2 aliphatic rings. The number of carbonyl (C=O) groups is 1. The third-order valence-corrected chi connectivity index (χ3v) is 6.66. The molecule has 1 amide bonds. The largest absolute Gasteiger partial charge is 0.379 e. The van der Waals surface area contributed by atoms with Crippen LogP contribution in [0.25, 0.3) is 0 Å². The van der Waals surface area contributed by atoms with Crippen LogP contribution >= 0.6 is 23.1 Å². The fourth-order valence-corrected chi connectivity index (χ4v) is 5.27. The molecule has 0 bridgehead atoms. The number of nitrogens with one attached hydrogen (secondary N) is 1. The SMILES string of the molecule is C[C@H]1C[C@H]2CSC(N)=N[C@@]2(c2nc(NC(=O)c3ccc(F)cn3)cs2)CO1. The fourth-order valence-electron chi connectivity index (χ4n) is 3.30. The Morgan fingerprint density at radius 2 is 2.33 bits per heavy atom. The monoisotopic (exact) mass is 407 g/mol. The molecular weight excluding hydrogens is 389 g/mol. The number of aliphatic imine (C=N–C) groups is 1. The number of nitrogens with two attached hydrogens (primary N) is 1. The molecule has 3 atom stereocenters. The summed E-state index contributed by atoms with van der Waals surface area (Å²) in [5.74, 6) is 0.599. The molecule has 0 aliphatic carbocycles. The van der Waals surface area contributed by atoms with Gasteiger partial charge in [0.25, 0.3) is 5.91 Å². The second kappa shape index (κ2) is 7.17. The number of fused-ring (bicyclic) bond motifs is 1. The van der Waals surface area contributed by atoms with Crippen LogP contribution in [0.4, 0.5) is 10.2 Å². The van der Waals surface area contributed by atoms with Gasteiger partial charge in [-0.2, -0.15) is 0 Å². The number of nitrogens with zero attached hydrogens (tertiary/aromatic N) is 3. The molecule has 0 spiro atoms. The van der Waals surface area contributed by atoms with Crippen LogP contribution in [-0.2, 0) is 10.3 Å². The molecule has 1 fully saturated rings. The number of ether oxygens (including phenoxy) is 1. The first kappa shape index (κ1) is 18.3. The summed E-state index contributed by atoms with van der Waals surface area (Å²) in [5.41, 5.74) is 5.51. The second-order valence-corrected chi connectivity index (χ2v) is 8.49. The van der Waals surface area contributed by atoms with Crippen molar-refractivity contribution in [3.63, 3.8) is 0 Å². The summed E-state index contributed by atoms with van der Waals surface area (Å²) in [6.07, 6.45) is 2.05. The Morgan fingerprint density at radius 3 is 3.11 bits per heavy atom. The number of pyridine rings is 1. The first-order chi connectivity index (χ1) is 13.0. The number of carbonyl (C=O) groups excluding carboxylic acids is 1. The first-order valence-corrected chi connectivity index (χ1v) is 10.3. The zero-order valence-electron chi connectivity index (χ0n) is 14.5. The van der Waals surface area contributed by atoms with Crippen LogP contribution in [0.5, 0.6) is 0 Å². The lowest BCUT2D eigenvalue weighted by Crippen LogP contribution is -2.49. The van der Waals surface area contributed by atoms with Crippen LogP contribution in [0.15, 0.2) is 28.7 Å². The Morgan fingerprint density at radius 1 is 1.48 bits per heavy atom. The lowest BCUT2D eigenvalue weighted by atomic mass is 9.80. The number of hydrogen-bond acceptors (Lipinski definition) is 8. The van der Waals surface area contributed by atoms with Gasteiger partial charge in [-0.05, 0) is 25.5 Å². The Labute approximate surface area is 163 Å². The first-order valence-electron chi connectivity index (χ1n) is 8.45. The number of thioether (sulfide) groups is 1. The average Bonchev–Trinajstić information content (AvgIpc) is 3.11. The summed E-state index contributed by atoms with van der Waals surface area (Å²) in [5, 5.41) is 5.75. The summed E-state index contributed by atoms with van der Waals surface area (Å²) in [4.78, 5) is 25.4. The van der Waals surface area contributed by atoms with Crippen molar-refractivity contribution < 1.29 is 13.9 Å². The summed E-state index contributed by atoms with van der Waals surface area (Å²) >= 11 is 2.97. The van der Waals surface area contributed by atoms with Crippen LogP contribution in [-0.4, -0.2) is 39.5 Å². The van der Waals surface area contributed by atoms with E-state index in [2.05, 4.69) is 22.2 Å². The van der Waals surface area contributed by atoms with Gasteiger partial charge in [0.1, 0.15) is 27.9 Å². The average molecular weight is 407 g/mol. The van der Waals surface area contributed by atoms with E-state index in [-0.39, 0.29) is 17.7 Å². The quantitative estimate of drug-likeness (QED) is 0.811. The van der Waals surface area contributed by atoms with Crippen LogP contribution in [0.2, 0.25) is 0 Å². The molecule has 0 unspecified atom stereocenters. The predicted molar refractivity (Wildman–Crippen MR) is 104 cm³/mol. The van der Waals surface area contributed by atoms with E-state index >= 15 is 0 Å². The van der Waals surface area contributed by atoms with E-state index < -0.39 is 17.3 Å². The van der Waals surface area contributed by atoms with Crippen LogP contribution in [0, 0.1) is 11.7 Å². The number of rotatable bonds is 3. The van der Waals surface area contributed by atoms with Gasteiger partial charge in [0.15, 0.2) is 5.17 Å². The van der Waals surface area contributed by atoms with Gasteiger partial charge >= 0.3 is 0 Å². The summed E-state index contributed by atoms with van der Waals surface area (Å²) < 4.78 is 18.8. The zero-order valence-corrected chi connectivity index (χ0v) is 16.1. The van der Waals surface area contributed by atoms with Gasteiger partial charge in [0, 0.05) is 17.1 Å². The Hall–Kier alpha value is -2.04. The maximum absolute atomic E-state index is 13.0. The molecule has 2 aromatic rings. The molecule has 27 heavy (non-hydrogen) atoms. The van der Waals surface area contributed by atoms with Crippen LogP contribution in [0.3, 0.4) is 0 Å². The van der Waals surface area contributed by atoms with E-state index in [1.165, 1.54) is 23.5 Å². The third kappa shape index (κ3) is 3.56. The molecular formula is C17H18FN5O2S2. The lowest BCUT2D eigenvalue weighted by molar-refractivity contribution is -0.0466. The Kier molecular flexibility index (Phi) is 4.87. The maximum Gasteiger partial charge on any atom is 0.275 e. The Bertz CT molecular complexity index is 888. The zero-order chi connectivity index (χ0) is 19.0. The van der Waals surface area contributed by atoms with Crippen molar-refractivity contribution in [2.24, 2.45) is 16.6 Å². The van der Waals surface area contributed by atoms with E-state index in [0.717, 1.165) is 23.4 Å². The molecule has 0 aromatic carbocycles. The standard InChI is InChI=1S/C17H18FN5O2S2/c1-9-4-10-6-27-16(19)23-17(10,8-25-9)15-22-13(7-26-15)21-14(24)12-3-2-11(18)5-20-12/h2-3,5,7,9-10H,4,6,8H2,1H3,(H2,19,23)(H,21,24)/t9-,10-,17-/m0/s1. The molecule has 0 radical (unpaired) electrons. The van der Waals surface area contributed by atoms with Crippen molar-refractivity contribution in [3.8, 4) is 0 Å². The van der Waals surface area contributed by atoms with Gasteiger partial charge in [0.2, 0.25) is 0 Å². The van der Waals surface area contributed by atoms with Crippen LogP contribution in [0.1, 0.15) is 28.8 Å². The fraction of sp³-hybridized carbons (Fsp3) is 0.412. The van der Waals surface area contributed by atoms with Crippen molar-refractivity contribution in [3.05, 3.63) is 40.2 Å². The van der Waals surface area contributed by atoms with E-state index in [9.17, 15) is 9.18 Å². The number of hydrogen-bond donors (Lipinski definition) is 2. The number of anilines is 1. The van der Waals surface area contributed by atoms with Gasteiger partial charge < -0.3 is 15.8 Å². The van der Waals surface area contributed by atoms with Crippen molar-refractivity contribution in [1.82, 2.24) is 9.97 Å². The van der Waals surface area contributed by atoms with E-state index in [1.807, 2.05) is 0 Å². The van der Waals surface area contributed by atoms with Gasteiger partial charge in [-0.1, -0.05) is 11.8 Å². The number of thiazole rings is 1. The lowest BCUT2D eigenvalue weighted by Gasteiger charge is -2.44. The second-order valence-electron chi connectivity index (χ2n) is 6.59. The number of aromatic nitrogens is 2. The van der Waals surface area contributed by atoms with E-state index in [0.29, 0.717) is 17.6 Å². The summed E-state index contributed by atoms with van der Waals surface area (Å²) in [6.45, 7) is 2.47. The van der Waals surface area contributed by atoms with Crippen LogP contribution < -0.4 is 11.1 Å². The highest BCUT2D eigenvalue weighted by Gasteiger charge is 2.49. The molecule has 4 heterocycles. The maximum atomic E-state index is 13.0. The Balaban J connectivity index is 1.58. The van der Waals surface area contributed by atoms with Gasteiger partial charge in [-0.3, -0.25) is 4.79 Å². The summed E-state index contributed by atoms with van der Waals surface area (Å²) in [7, 11) is 0. The minimum atomic E-state index is -0.608. The van der Waals surface area contributed by atoms with Crippen molar-refractivity contribution in [2.75, 3.05) is 17.7 Å².